The number of rotatable bonds is 2. The summed E-state index contributed by atoms with van der Waals surface area (Å²) in [5.41, 5.74) is 0.116. The molecule has 0 aliphatic heterocycles. The van der Waals surface area contributed by atoms with E-state index >= 15 is 0 Å². The van der Waals surface area contributed by atoms with Gasteiger partial charge in [0, 0.05) is 11.8 Å². The van der Waals surface area contributed by atoms with Crippen LogP contribution in [0.15, 0.2) is 48.7 Å². The van der Waals surface area contributed by atoms with Crippen molar-refractivity contribution in [2.24, 2.45) is 0 Å². The van der Waals surface area contributed by atoms with Gasteiger partial charge in [0.25, 0.3) is 0 Å². The van der Waals surface area contributed by atoms with Crippen LogP contribution in [0.5, 0.6) is 0 Å². The van der Waals surface area contributed by atoms with E-state index < -0.39 is 17.7 Å². The Morgan fingerprint density at radius 2 is 1.86 bits per heavy atom. The highest BCUT2D eigenvalue weighted by atomic mass is 19.4. The Bertz CT molecular complexity index is 869. The number of hydrogen-bond donors (Lipinski definition) is 1. The fourth-order valence-corrected chi connectivity index (χ4v) is 2.18. The monoisotopic (exact) mass is 306 g/mol. The first kappa shape index (κ1) is 14.1. The normalized spacial score (nSPS) is 11.8. The number of imidazole rings is 1. The van der Waals surface area contributed by atoms with Gasteiger partial charge in [-0.25, -0.2) is 9.78 Å². The molecule has 3 aromatic rings. The van der Waals surface area contributed by atoms with E-state index in [4.69, 9.17) is 5.11 Å². The van der Waals surface area contributed by atoms with Gasteiger partial charge in [0.05, 0.1) is 11.3 Å². The molecule has 1 aromatic carbocycles. The Labute approximate surface area is 122 Å². The van der Waals surface area contributed by atoms with Crippen LogP contribution in [-0.2, 0) is 6.18 Å². The molecule has 4 nitrogen and oxygen atoms in total. The summed E-state index contributed by atoms with van der Waals surface area (Å²) >= 11 is 0. The Morgan fingerprint density at radius 3 is 2.55 bits per heavy atom. The third-order valence-electron chi connectivity index (χ3n) is 3.20. The highest BCUT2D eigenvalue weighted by Gasteiger charge is 2.30. The van der Waals surface area contributed by atoms with Crippen molar-refractivity contribution in [1.29, 1.82) is 0 Å². The minimum absolute atomic E-state index is 0.0109. The highest BCUT2D eigenvalue weighted by molar-refractivity contribution is 5.87. The Morgan fingerprint density at radius 1 is 1.14 bits per heavy atom. The van der Waals surface area contributed by atoms with Gasteiger partial charge in [0.1, 0.15) is 11.3 Å². The van der Waals surface area contributed by atoms with Crippen LogP contribution >= 0.6 is 0 Å². The standard InChI is InChI=1S/C15H9F3N2O2/c16-15(17,18)10-4-1-3-9(7-10)11-8-20-12(14(21)22)5-2-6-13(20)19-11/h1-8H,(H,21,22). The number of pyridine rings is 1. The second-order valence-electron chi connectivity index (χ2n) is 4.65. The number of carboxylic acids is 1. The van der Waals surface area contributed by atoms with E-state index in [1.54, 1.807) is 6.07 Å². The number of aromatic nitrogens is 2. The molecule has 0 radical (unpaired) electrons. The Balaban J connectivity index is 2.15. The third kappa shape index (κ3) is 2.41. The molecule has 22 heavy (non-hydrogen) atoms. The van der Waals surface area contributed by atoms with E-state index in [0.29, 0.717) is 5.65 Å². The van der Waals surface area contributed by atoms with Crippen molar-refractivity contribution in [3.8, 4) is 11.3 Å². The molecule has 0 atom stereocenters. The summed E-state index contributed by atoms with van der Waals surface area (Å²) in [5.74, 6) is -1.14. The molecule has 0 bridgehead atoms. The van der Waals surface area contributed by atoms with Crippen molar-refractivity contribution in [3.05, 3.63) is 59.9 Å². The lowest BCUT2D eigenvalue weighted by Crippen LogP contribution is -2.04. The average Bonchev–Trinajstić information content (AvgIpc) is 2.90. The number of carbonyl (C=O) groups is 1. The first-order valence-corrected chi connectivity index (χ1v) is 6.25. The molecule has 112 valence electrons. The van der Waals surface area contributed by atoms with Gasteiger partial charge >= 0.3 is 12.1 Å². The van der Waals surface area contributed by atoms with Crippen LogP contribution in [0.4, 0.5) is 13.2 Å². The van der Waals surface area contributed by atoms with Crippen LogP contribution < -0.4 is 0 Å². The zero-order valence-electron chi connectivity index (χ0n) is 11.0. The Hall–Kier alpha value is -2.83. The van der Waals surface area contributed by atoms with Gasteiger partial charge in [-0.05, 0) is 24.3 Å². The van der Waals surface area contributed by atoms with Crippen molar-refractivity contribution in [1.82, 2.24) is 9.38 Å². The number of benzene rings is 1. The summed E-state index contributed by atoms with van der Waals surface area (Å²) in [6.07, 6.45) is -3.03. The summed E-state index contributed by atoms with van der Waals surface area (Å²) < 4.78 is 39.6. The van der Waals surface area contributed by atoms with Crippen LogP contribution in [0.3, 0.4) is 0 Å². The van der Waals surface area contributed by atoms with E-state index in [9.17, 15) is 18.0 Å². The lowest BCUT2D eigenvalue weighted by molar-refractivity contribution is -0.137. The topological polar surface area (TPSA) is 54.6 Å². The minimum Gasteiger partial charge on any atom is -0.477 e. The van der Waals surface area contributed by atoms with Gasteiger partial charge in [0.15, 0.2) is 0 Å². The van der Waals surface area contributed by atoms with Gasteiger partial charge in [-0.3, -0.25) is 4.40 Å². The summed E-state index contributed by atoms with van der Waals surface area (Å²) in [6, 6.07) is 9.26. The molecule has 0 unspecified atom stereocenters. The van der Waals surface area contributed by atoms with Crippen LogP contribution in [-0.4, -0.2) is 20.5 Å². The molecule has 0 aliphatic carbocycles. The molecule has 1 N–H and O–H groups in total. The fraction of sp³-hybridized carbons (Fsp3) is 0.0667. The van der Waals surface area contributed by atoms with Crippen molar-refractivity contribution in [2.45, 2.75) is 6.18 Å². The van der Waals surface area contributed by atoms with Gasteiger partial charge < -0.3 is 5.11 Å². The SMILES string of the molecule is O=C(O)c1cccc2nc(-c3cccc(C(F)(F)F)c3)cn12. The van der Waals surface area contributed by atoms with Crippen molar-refractivity contribution >= 4 is 11.6 Å². The maximum absolute atomic E-state index is 12.8. The number of fused-ring (bicyclic) bond motifs is 1. The highest BCUT2D eigenvalue weighted by Crippen LogP contribution is 2.32. The number of halogens is 3. The van der Waals surface area contributed by atoms with Crippen LogP contribution in [0.1, 0.15) is 16.1 Å². The van der Waals surface area contributed by atoms with E-state index in [2.05, 4.69) is 4.98 Å². The summed E-state index contributed by atoms with van der Waals surface area (Å²) in [6.45, 7) is 0. The van der Waals surface area contributed by atoms with Crippen LogP contribution in [0.25, 0.3) is 16.9 Å². The van der Waals surface area contributed by atoms with E-state index in [0.717, 1.165) is 12.1 Å². The molecule has 0 amide bonds. The molecule has 3 rings (SSSR count). The van der Waals surface area contributed by atoms with Gasteiger partial charge in [-0.1, -0.05) is 18.2 Å². The van der Waals surface area contributed by atoms with E-state index in [1.165, 1.54) is 34.9 Å². The first-order valence-electron chi connectivity index (χ1n) is 6.25. The zero-order valence-corrected chi connectivity index (χ0v) is 11.0. The molecule has 2 heterocycles. The largest absolute Gasteiger partial charge is 0.477 e. The van der Waals surface area contributed by atoms with Crippen LogP contribution in [0, 0.1) is 0 Å². The number of aromatic carboxylic acids is 1. The number of carboxylic acid groups (broad SMARTS) is 1. The number of hydrogen-bond acceptors (Lipinski definition) is 2. The van der Waals surface area contributed by atoms with Crippen molar-refractivity contribution in [3.63, 3.8) is 0 Å². The van der Waals surface area contributed by atoms with E-state index in [1.807, 2.05) is 0 Å². The molecular weight excluding hydrogens is 297 g/mol. The molecule has 7 heteroatoms. The second kappa shape index (κ2) is 4.87. The Kier molecular flexibility index (Phi) is 3.13. The summed E-state index contributed by atoms with van der Waals surface area (Å²) in [5, 5.41) is 9.12. The maximum Gasteiger partial charge on any atom is 0.416 e. The second-order valence-corrected chi connectivity index (χ2v) is 4.65. The molecule has 0 saturated heterocycles. The lowest BCUT2D eigenvalue weighted by atomic mass is 10.1. The van der Waals surface area contributed by atoms with Gasteiger partial charge in [-0.2, -0.15) is 13.2 Å². The van der Waals surface area contributed by atoms with Crippen molar-refractivity contribution < 1.29 is 23.1 Å². The zero-order chi connectivity index (χ0) is 15.9. The van der Waals surface area contributed by atoms with E-state index in [-0.39, 0.29) is 17.0 Å². The predicted molar refractivity (Wildman–Crippen MR) is 72.6 cm³/mol. The third-order valence-corrected chi connectivity index (χ3v) is 3.20. The molecule has 2 aromatic heterocycles. The number of nitrogens with zero attached hydrogens (tertiary/aromatic N) is 2. The molecule has 0 fully saturated rings. The van der Waals surface area contributed by atoms with Gasteiger partial charge in [-0.15, -0.1) is 0 Å². The maximum atomic E-state index is 12.8. The van der Waals surface area contributed by atoms with Crippen molar-refractivity contribution in [2.75, 3.05) is 0 Å². The lowest BCUT2D eigenvalue weighted by Gasteiger charge is -2.07. The summed E-state index contributed by atoms with van der Waals surface area (Å²) in [7, 11) is 0. The molecule has 0 aliphatic rings. The summed E-state index contributed by atoms with van der Waals surface area (Å²) in [4.78, 5) is 15.3. The fourth-order valence-electron chi connectivity index (χ4n) is 2.18. The smallest absolute Gasteiger partial charge is 0.416 e. The quantitative estimate of drug-likeness (QED) is 0.785. The first-order chi connectivity index (χ1) is 10.4. The predicted octanol–water partition coefficient (Wildman–Crippen LogP) is 3.72. The average molecular weight is 306 g/mol. The minimum atomic E-state index is -4.44. The molecular formula is C15H9F3N2O2. The molecule has 0 saturated carbocycles. The number of alkyl halides is 3. The molecule has 0 spiro atoms. The van der Waals surface area contributed by atoms with Crippen LogP contribution in [0.2, 0.25) is 0 Å². The van der Waals surface area contributed by atoms with Gasteiger partial charge in [0.2, 0.25) is 0 Å².